The predicted octanol–water partition coefficient (Wildman–Crippen LogP) is 4.09. The monoisotopic (exact) mass is 323 g/mol. The molecule has 1 saturated carbocycles. The first kappa shape index (κ1) is 16.6. The molecule has 0 saturated heterocycles. The molecule has 1 heterocycles. The van der Waals surface area contributed by atoms with Gasteiger partial charge in [0, 0.05) is 7.05 Å². The molecule has 7 heteroatoms. The van der Waals surface area contributed by atoms with Crippen molar-refractivity contribution in [2.45, 2.75) is 44.8 Å². The minimum atomic E-state index is -4.16. The van der Waals surface area contributed by atoms with Crippen LogP contribution in [0.5, 0.6) is 0 Å². The summed E-state index contributed by atoms with van der Waals surface area (Å²) in [5, 5.41) is 7.68. The molecule has 3 atom stereocenters. The molecular formula is C14H21ClF3N3. The molecule has 1 aromatic rings. The van der Waals surface area contributed by atoms with Crippen LogP contribution in [0.1, 0.15) is 44.3 Å². The fourth-order valence-electron chi connectivity index (χ4n) is 3.41. The molecule has 21 heavy (non-hydrogen) atoms. The molecule has 2 rings (SSSR count). The van der Waals surface area contributed by atoms with Crippen LogP contribution in [0, 0.1) is 11.8 Å². The summed E-state index contributed by atoms with van der Waals surface area (Å²) in [5.74, 6) is -1.77. The predicted molar refractivity (Wildman–Crippen MR) is 76.1 cm³/mol. The van der Waals surface area contributed by atoms with Crippen LogP contribution in [0.2, 0.25) is 5.02 Å². The average Bonchev–Trinajstić information content (AvgIpc) is 2.75. The van der Waals surface area contributed by atoms with Crippen molar-refractivity contribution in [3.05, 3.63) is 16.9 Å². The number of hydrogen-bond acceptors (Lipinski definition) is 2. The van der Waals surface area contributed by atoms with Gasteiger partial charge in [-0.1, -0.05) is 31.4 Å². The van der Waals surface area contributed by atoms with E-state index in [9.17, 15) is 13.2 Å². The molecule has 1 fully saturated rings. The quantitative estimate of drug-likeness (QED) is 0.904. The van der Waals surface area contributed by atoms with Gasteiger partial charge in [0.2, 0.25) is 0 Å². The second-order valence-corrected chi connectivity index (χ2v) is 6.04. The minimum absolute atomic E-state index is 0.200. The van der Waals surface area contributed by atoms with Crippen molar-refractivity contribution in [1.29, 1.82) is 0 Å². The van der Waals surface area contributed by atoms with Gasteiger partial charge in [-0.25, -0.2) is 0 Å². The number of rotatable bonds is 4. The van der Waals surface area contributed by atoms with E-state index < -0.39 is 24.1 Å². The molecule has 1 aliphatic rings. The second-order valence-electron chi connectivity index (χ2n) is 5.63. The van der Waals surface area contributed by atoms with Crippen molar-refractivity contribution >= 4 is 11.6 Å². The van der Waals surface area contributed by atoms with Crippen LogP contribution >= 0.6 is 11.6 Å². The lowest BCUT2D eigenvalue weighted by atomic mass is 9.74. The third-order valence-electron chi connectivity index (χ3n) is 4.32. The van der Waals surface area contributed by atoms with Crippen molar-refractivity contribution in [2.24, 2.45) is 18.9 Å². The molecule has 0 aromatic carbocycles. The lowest BCUT2D eigenvalue weighted by Crippen LogP contribution is -2.41. The van der Waals surface area contributed by atoms with Gasteiger partial charge in [0.05, 0.1) is 28.9 Å². The van der Waals surface area contributed by atoms with E-state index >= 15 is 0 Å². The fourth-order valence-corrected chi connectivity index (χ4v) is 3.69. The van der Waals surface area contributed by atoms with E-state index in [1.807, 2.05) is 6.92 Å². The maximum absolute atomic E-state index is 13.4. The summed E-state index contributed by atoms with van der Waals surface area (Å²) in [7, 11) is 1.72. The highest BCUT2D eigenvalue weighted by atomic mass is 35.5. The highest BCUT2D eigenvalue weighted by Gasteiger charge is 2.48. The number of hydrogen-bond donors (Lipinski definition) is 1. The number of halogens is 4. The number of aryl methyl sites for hydroxylation is 1. The first-order chi connectivity index (χ1) is 9.86. The standard InChI is InChI=1S/C14H21ClF3N3/c1-3-19-12(13-11(15)8-20-21(13)2)9-6-4-5-7-10(9)14(16,17)18/h8-10,12,19H,3-7H2,1-2H3. The lowest BCUT2D eigenvalue weighted by molar-refractivity contribution is -0.199. The van der Waals surface area contributed by atoms with Crippen LogP contribution in [-0.4, -0.2) is 22.5 Å². The van der Waals surface area contributed by atoms with Gasteiger partial charge >= 0.3 is 6.18 Å². The van der Waals surface area contributed by atoms with Gasteiger partial charge < -0.3 is 5.32 Å². The molecule has 0 aliphatic heterocycles. The van der Waals surface area contributed by atoms with Crippen molar-refractivity contribution in [2.75, 3.05) is 6.54 Å². The van der Waals surface area contributed by atoms with E-state index in [0.717, 1.165) is 6.42 Å². The topological polar surface area (TPSA) is 29.9 Å². The van der Waals surface area contributed by atoms with Crippen LogP contribution in [0.25, 0.3) is 0 Å². The third-order valence-corrected chi connectivity index (χ3v) is 4.62. The Morgan fingerprint density at radius 3 is 2.62 bits per heavy atom. The van der Waals surface area contributed by atoms with Gasteiger partial charge in [0.1, 0.15) is 0 Å². The Balaban J connectivity index is 2.36. The summed E-state index contributed by atoms with van der Waals surface area (Å²) in [5.41, 5.74) is 0.652. The molecule has 1 aliphatic carbocycles. The highest BCUT2D eigenvalue weighted by molar-refractivity contribution is 6.31. The van der Waals surface area contributed by atoms with Crippen LogP contribution in [-0.2, 0) is 7.05 Å². The molecular weight excluding hydrogens is 303 g/mol. The fraction of sp³-hybridized carbons (Fsp3) is 0.786. The summed E-state index contributed by atoms with van der Waals surface area (Å²) in [6.07, 6.45) is -0.446. The van der Waals surface area contributed by atoms with E-state index in [1.54, 1.807) is 11.7 Å². The maximum atomic E-state index is 13.4. The molecule has 120 valence electrons. The van der Waals surface area contributed by atoms with Gasteiger partial charge in [-0.05, 0) is 25.3 Å². The van der Waals surface area contributed by atoms with Gasteiger partial charge in [-0.15, -0.1) is 0 Å². The summed E-state index contributed by atoms with van der Waals surface area (Å²) in [6, 6.07) is -0.415. The van der Waals surface area contributed by atoms with Crippen molar-refractivity contribution < 1.29 is 13.2 Å². The molecule has 0 radical (unpaired) electrons. The molecule has 0 spiro atoms. The zero-order valence-electron chi connectivity index (χ0n) is 12.3. The summed E-state index contributed by atoms with van der Waals surface area (Å²) in [6.45, 7) is 2.48. The van der Waals surface area contributed by atoms with E-state index in [1.165, 1.54) is 6.20 Å². The average molecular weight is 324 g/mol. The Morgan fingerprint density at radius 1 is 1.43 bits per heavy atom. The molecule has 1 aromatic heterocycles. The number of nitrogens with zero attached hydrogens (tertiary/aromatic N) is 2. The second kappa shape index (κ2) is 6.57. The van der Waals surface area contributed by atoms with E-state index in [-0.39, 0.29) is 6.42 Å². The highest BCUT2D eigenvalue weighted by Crippen LogP contribution is 2.47. The molecule has 0 amide bonds. The van der Waals surface area contributed by atoms with Gasteiger partial charge in [0.25, 0.3) is 0 Å². The lowest BCUT2D eigenvalue weighted by Gasteiger charge is -2.38. The van der Waals surface area contributed by atoms with E-state index in [0.29, 0.717) is 30.1 Å². The van der Waals surface area contributed by atoms with Crippen LogP contribution in [0.3, 0.4) is 0 Å². The van der Waals surface area contributed by atoms with Crippen molar-refractivity contribution in [3.63, 3.8) is 0 Å². The third kappa shape index (κ3) is 3.54. The number of aromatic nitrogens is 2. The maximum Gasteiger partial charge on any atom is 0.392 e. The van der Waals surface area contributed by atoms with Crippen LogP contribution in [0.15, 0.2) is 6.20 Å². The zero-order chi connectivity index (χ0) is 15.6. The Kier molecular flexibility index (Phi) is 5.20. The Labute approximate surface area is 127 Å². The number of nitrogens with one attached hydrogen (secondary N) is 1. The van der Waals surface area contributed by atoms with Crippen LogP contribution in [0.4, 0.5) is 13.2 Å². The Hall–Kier alpha value is -0.750. The molecule has 3 unspecified atom stereocenters. The zero-order valence-corrected chi connectivity index (χ0v) is 13.0. The van der Waals surface area contributed by atoms with Gasteiger partial charge in [0.15, 0.2) is 0 Å². The van der Waals surface area contributed by atoms with Crippen LogP contribution < -0.4 is 5.32 Å². The molecule has 1 N–H and O–H groups in total. The molecule has 3 nitrogen and oxygen atoms in total. The molecule has 0 bridgehead atoms. The summed E-state index contributed by atoms with van der Waals surface area (Å²) < 4.78 is 41.6. The van der Waals surface area contributed by atoms with Crippen molar-refractivity contribution in [3.8, 4) is 0 Å². The van der Waals surface area contributed by atoms with Gasteiger partial charge in [-0.2, -0.15) is 18.3 Å². The van der Waals surface area contributed by atoms with Crippen molar-refractivity contribution in [1.82, 2.24) is 15.1 Å². The summed E-state index contributed by atoms with van der Waals surface area (Å²) >= 11 is 6.15. The first-order valence-corrected chi connectivity index (χ1v) is 7.71. The normalized spacial score (nSPS) is 25.0. The Bertz CT molecular complexity index is 453. The van der Waals surface area contributed by atoms with E-state index in [4.69, 9.17) is 11.6 Å². The number of alkyl halides is 3. The smallest absolute Gasteiger partial charge is 0.309 e. The minimum Gasteiger partial charge on any atom is -0.309 e. The van der Waals surface area contributed by atoms with E-state index in [2.05, 4.69) is 10.4 Å². The SMILES string of the molecule is CCNC(c1c(Cl)cnn1C)C1CCCCC1C(F)(F)F. The Morgan fingerprint density at radius 2 is 2.10 bits per heavy atom. The summed E-state index contributed by atoms with van der Waals surface area (Å²) in [4.78, 5) is 0. The largest absolute Gasteiger partial charge is 0.392 e. The first-order valence-electron chi connectivity index (χ1n) is 7.33. The van der Waals surface area contributed by atoms with Gasteiger partial charge in [-0.3, -0.25) is 4.68 Å².